The van der Waals surface area contributed by atoms with Crippen LogP contribution in [0.25, 0.3) is 35.5 Å². The first kappa shape index (κ1) is 80.3. The first-order valence-electron chi connectivity index (χ1n) is 39.1. The van der Waals surface area contributed by atoms with Gasteiger partial charge in [-0.2, -0.15) is 0 Å². The van der Waals surface area contributed by atoms with Crippen LogP contribution < -0.4 is 19.6 Å². The van der Waals surface area contributed by atoms with E-state index in [4.69, 9.17) is 0 Å². The van der Waals surface area contributed by atoms with Gasteiger partial charge < -0.3 is 19.6 Å². The van der Waals surface area contributed by atoms with E-state index in [-0.39, 0.29) is 21.9 Å². The fraction of sp³-hybridized carbons (Fsp3) is 0.148. The number of benzene rings is 14. The lowest BCUT2D eigenvalue weighted by molar-refractivity contribution is 0.545. The van der Waals surface area contributed by atoms with Gasteiger partial charge in [0.2, 0.25) is 0 Å². The number of rotatable bonds is 18. The van der Waals surface area contributed by atoms with Crippen LogP contribution in [0.4, 0.5) is 56.9 Å². The van der Waals surface area contributed by atoms with Crippen molar-refractivity contribution in [1.29, 1.82) is 0 Å². The van der Waals surface area contributed by atoms with Crippen molar-refractivity contribution >= 4 is 92.3 Å². The molecule has 0 saturated heterocycles. The van der Waals surface area contributed by atoms with E-state index in [9.17, 15) is 0 Å². The van der Waals surface area contributed by atoms with Gasteiger partial charge in [-0.1, -0.05) is 351 Å². The van der Waals surface area contributed by atoms with Crippen LogP contribution in [0.2, 0.25) is 0 Å². The highest BCUT2D eigenvalue weighted by molar-refractivity contribution is 5.92. The van der Waals surface area contributed by atoms with Crippen LogP contribution in [0.5, 0.6) is 0 Å². The summed E-state index contributed by atoms with van der Waals surface area (Å²) in [5.74, 6) is 0. The highest BCUT2D eigenvalue weighted by atomic mass is 15.2. The summed E-state index contributed by atoms with van der Waals surface area (Å²) in [5, 5.41) is 0. The lowest BCUT2D eigenvalue weighted by Gasteiger charge is -2.38. The van der Waals surface area contributed by atoms with Crippen LogP contribution in [-0.4, -0.2) is 11.1 Å². The highest BCUT2D eigenvalue weighted by Crippen LogP contribution is 2.40. The quantitative estimate of drug-likeness (QED) is 0.0794. The van der Waals surface area contributed by atoms with Crippen molar-refractivity contribution < 1.29 is 0 Å². The van der Waals surface area contributed by atoms with Gasteiger partial charge in [0.15, 0.2) is 0 Å². The topological polar surface area (TPSA) is 13.0 Å². The molecule has 14 aromatic rings. The Bertz CT molecular complexity index is 5080. The molecule has 0 aromatic heterocycles. The molecule has 14 rings (SSSR count). The normalized spacial score (nSPS) is 11.6. The first-order chi connectivity index (χ1) is 54.1. The lowest BCUT2D eigenvalue weighted by atomic mass is 9.88. The van der Waals surface area contributed by atoms with Gasteiger partial charge >= 0.3 is 0 Å². The van der Waals surface area contributed by atoms with Crippen LogP contribution in [-0.2, 0) is 0 Å². The second-order valence-electron chi connectivity index (χ2n) is 32.0. The van der Waals surface area contributed by atoms with Gasteiger partial charge in [-0.3, -0.25) is 0 Å². The maximum absolute atomic E-state index is 2.38. The second-order valence-corrected chi connectivity index (χ2v) is 32.0. The van der Waals surface area contributed by atoms with Gasteiger partial charge in [-0.05, 0) is 235 Å². The van der Waals surface area contributed by atoms with E-state index in [0.29, 0.717) is 0 Å². The van der Waals surface area contributed by atoms with Crippen molar-refractivity contribution in [3.05, 3.63) is 457 Å². The molecule has 0 aliphatic rings. The zero-order chi connectivity index (χ0) is 78.8. The molecule has 0 radical (unpaired) electrons. The van der Waals surface area contributed by atoms with Crippen molar-refractivity contribution in [3.8, 4) is 0 Å². The van der Waals surface area contributed by atoms with E-state index in [1.54, 1.807) is 0 Å². The maximum Gasteiger partial charge on any atom is 0.0462 e. The molecule has 0 bridgehead atoms. The molecule has 0 aliphatic heterocycles. The number of allylic oxidation sites excluding steroid dienone is 2. The first-order valence-corrected chi connectivity index (χ1v) is 39.1. The van der Waals surface area contributed by atoms with Crippen molar-refractivity contribution in [2.45, 2.75) is 94.2 Å². The smallest absolute Gasteiger partial charge is 0.0462 e. The van der Waals surface area contributed by atoms with Gasteiger partial charge in [0.1, 0.15) is 0 Å². The summed E-state index contributed by atoms with van der Waals surface area (Å²) in [4.78, 5) is 9.32. The van der Waals surface area contributed by atoms with Crippen molar-refractivity contribution in [2.24, 2.45) is 10.8 Å². The Labute approximate surface area is 669 Å². The van der Waals surface area contributed by atoms with Crippen LogP contribution in [0.3, 0.4) is 0 Å². The summed E-state index contributed by atoms with van der Waals surface area (Å²) >= 11 is 0. The minimum absolute atomic E-state index is 0.00273. The Balaban J connectivity index is 0.000000148. The Morgan fingerprint density at radius 2 is 0.420 bits per heavy atom. The Hall–Kier alpha value is -12.8. The van der Waals surface area contributed by atoms with Gasteiger partial charge in [-0.15, -0.1) is 0 Å². The van der Waals surface area contributed by atoms with Crippen LogP contribution in [0, 0.1) is 10.8 Å². The molecule has 0 aliphatic carbocycles. The molecule has 0 N–H and O–H groups in total. The summed E-state index contributed by atoms with van der Waals surface area (Å²) in [6.07, 6.45) is 13.4. The molecular weight excluding hydrogens is 1350 g/mol. The summed E-state index contributed by atoms with van der Waals surface area (Å²) in [5.41, 5.74) is 24.2. The second kappa shape index (κ2) is 38.5. The van der Waals surface area contributed by atoms with Crippen LogP contribution >= 0.6 is 0 Å². The molecule has 0 heterocycles. The SMILES string of the molecule is CC(C)(C)/C=C(\c1ccccc1)c1ccc(N(c2ccccc2)c2ccccc2)cc1.CC(C)(C)/C=C/c1ccc(N(c2ccccc2)c2ccccc2)cc1.CC(C)(C)N(c1ccccc1)c1ccc(/C=C/c2ccccc2)cc1.CC(C)(C)N(c1ccccc1)c1ccc(C=C(c2ccccc2)c2ccccc2)cc1. The summed E-state index contributed by atoms with van der Waals surface area (Å²) in [6.45, 7) is 26.8. The van der Waals surface area contributed by atoms with E-state index in [0.717, 1.165) is 34.1 Å². The number of hydrogen-bond acceptors (Lipinski definition) is 4. The zero-order valence-electron chi connectivity index (χ0n) is 67.4. The fourth-order valence-electron chi connectivity index (χ4n) is 13.4. The van der Waals surface area contributed by atoms with E-state index in [1.165, 1.54) is 78.4 Å². The van der Waals surface area contributed by atoms with E-state index >= 15 is 0 Å². The zero-order valence-corrected chi connectivity index (χ0v) is 67.4. The van der Waals surface area contributed by atoms with Gasteiger partial charge in [-0.25, -0.2) is 0 Å². The Kier molecular flexibility index (Phi) is 27.6. The van der Waals surface area contributed by atoms with Crippen molar-refractivity contribution in [2.75, 3.05) is 19.6 Å². The minimum atomic E-state index is -0.0298. The van der Waals surface area contributed by atoms with Gasteiger partial charge in [0, 0.05) is 68.0 Å². The molecule has 0 spiro atoms. The van der Waals surface area contributed by atoms with Crippen molar-refractivity contribution in [3.63, 3.8) is 0 Å². The molecule has 14 aromatic carbocycles. The molecule has 0 fully saturated rings. The predicted molar refractivity (Wildman–Crippen MR) is 488 cm³/mol. The lowest BCUT2D eigenvalue weighted by Crippen LogP contribution is -2.37. The minimum Gasteiger partial charge on any atom is -0.336 e. The fourth-order valence-corrected chi connectivity index (χ4v) is 13.4. The molecule has 4 heteroatoms. The van der Waals surface area contributed by atoms with Crippen LogP contribution in [0.15, 0.2) is 413 Å². The van der Waals surface area contributed by atoms with E-state index in [2.05, 4.69) is 521 Å². The number of nitrogens with zero attached hydrogens (tertiary/aromatic N) is 4. The van der Waals surface area contributed by atoms with E-state index < -0.39 is 0 Å². The van der Waals surface area contributed by atoms with Gasteiger partial charge in [0.05, 0.1) is 0 Å². The molecular formula is C108H108N4. The third-order valence-corrected chi connectivity index (χ3v) is 18.5. The largest absolute Gasteiger partial charge is 0.336 e. The molecule has 560 valence electrons. The molecule has 0 atom stereocenters. The van der Waals surface area contributed by atoms with Crippen LogP contribution in [0.1, 0.15) is 128 Å². The summed E-state index contributed by atoms with van der Waals surface area (Å²) in [6, 6.07) is 141. The summed E-state index contributed by atoms with van der Waals surface area (Å²) in [7, 11) is 0. The Morgan fingerprint density at radius 3 is 0.723 bits per heavy atom. The van der Waals surface area contributed by atoms with Crippen molar-refractivity contribution in [1.82, 2.24) is 0 Å². The third kappa shape index (κ3) is 23.6. The highest BCUT2D eigenvalue weighted by Gasteiger charge is 2.25. The third-order valence-electron chi connectivity index (χ3n) is 18.5. The predicted octanol–water partition coefficient (Wildman–Crippen LogP) is 30.9. The number of para-hydroxylation sites is 6. The number of hydrogen-bond donors (Lipinski definition) is 0. The molecule has 0 amide bonds. The standard InChI is InChI=1S/2C30H29N.2C24H25N/c1-30(2,3)31(27-17-11-6-12-18-27)28-21-19-24(20-22-28)23-29(25-13-7-4-8-14-25)26-15-9-5-10-16-26;1-30(2,3)23-29(24-13-7-4-8-14-24)25-19-21-28(22-20-25)31(26-15-9-5-10-16-26)27-17-11-6-12-18-27;1-24(2,3)19-18-20-14-16-23(17-15-20)25(21-10-6-4-7-11-21)22-12-8-5-9-13-22;1-24(2,3)25(22-12-8-5-9-13-22)23-18-16-21(17-19-23)15-14-20-10-6-4-7-11-20/h2*4-23H,1-3H3;2*4-19H,1-3H3/b;29-23+;19-18+;15-14+. The maximum atomic E-state index is 2.38. The monoisotopic (exact) mass is 1460 g/mol. The Morgan fingerprint density at radius 1 is 0.196 bits per heavy atom. The average Bonchev–Trinajstić information content (AvgIpc) is 0.801. The molecule has 112 heavy (non-hydrogen) atoms. The van der Waals surface area contributed by atoms with E-state index in [1.807, 2.05) is 18.2 Å². The molecule has 0 saturated carbocycles. The number of anilines is 10. The average molecular weight is 1460 g/mol. The van der Waals surface area contributed by atoms with Gasteiger partial charge in [0.25, 0.3) is 0 Å². The molecule has 0 unspecified atom stereocenters. The molecule has 4 nitrogen and oxygen atoms in total. The summed E-state index contributed by atoms with van der Waals surface area (Å²) < 4.78 is 0.